The number of aryl methyl sites for hydroxylation is 1. The van der Waals surface area contributed by atoms with Crippen LogP contribution in [0, 0.1) is 0 Å². The molecule has 0 amide bonds. The van der Waals surface area contributed by atoms with Crippen LogP contribution in [0.2, 0.25) is 0 Å². The van der Waals surface area contributed by atoms with Crippen molar-refractivity contribution in [3.63, 3.8) is 0 Å². The van der Waals surface area contributed by atoms with Crippen LogP contribution >= 0.6 is 15.9 Å². The third-order valence-corrected chi connectivity index (χ3v) is 3.17. The molecule has 0 aliphatic carbocycles. The summed E-state index contributed by atoms with van der Waals surface area (Å²) < 4.78 is 7.97. The maximum absolute atomic E-state index is 5.18. The molecule has 0 atom stereocenters. The smallest absolute Gasteiger partial charge is 0.133 e. The van der Waals surface area contributed by atoms with Gasteiger partial charge < -0.3 is 10.1 Å². The summed E-state index contributed by atoms with van der Waals surface area (Å²) in [6.45, 7) is 0.745. The zero-order chi connectivity index (χ0) is 12.3. The van der Waals surface area contributed by atoms with E-state index in [0.29, 0.717) is 0 Å². The zero-order valence-corrected chi connectivity index (χ0v) is 11.4. The number of nitrogens with zero attached hydrogens (tertiary/aromatic N) is 2. The monoisotopic (exact) mass is 295 g/mol. The number of nitrogens with one attached hydrogen (secondary N) is 1. The Hall–Kier alpha value is -1.49. The Labute approximate surface area is 109 Å². The van der Waals surface area contributed by atoms with Gasteiger partial charge in [-0.15, -0.1) is 0 Å². The molecule has 0 fully saturated rings. The lowest BCUT2D eigenvalue weighted by atomic mass is 10.3. The van der Waals surface area contributed by atoms with Gasteiger partial charge in [-0.25, -0.2) is 0 Å². The second kappa shape index (κ2) is 5.23. The fourth-order valence-electron chi connectivity index (χ4n) is 1.54. The summed E-state index contributed by atoms with van der Waals surface area (Å²) in [5.41, 5.74) is 2.18. The highest BCUT2D eigenvalue weighted by Crippen LogP contribution is 2.27. The molecule has 1 aromatic heterocycles. The van der Waals surface area contributed by atoms with Crippen molar-refractivity contribution in [3.05, 3.63) is 40.6 Å². The molecule has 0 aliphatic heterocycles. The number of anilines is 1. The molecule has 0 saturated heterocycles. The number of ether oxygens (including phenoxy) is 1. The Bertz CT molecular complexity index is 510. The summed E-state index contributed by atoms with van der Waals surface area (Å²) in [5.74, 6) is 0.830. The topological polar surface area (TPSA) is 39.1 Å². The van der Waals surface area contributed by atoms with Crippen molar-refractivity contribution in [2.75, 3.05) is 12.4 Å². The quantitative estimate of drug-likeness (QED) is 0.943. The number of hydrogen-bond acceptors (Lipinski definition) is 3. The molecular formula is C12H14BrN3O. The van der Waals surface area contributed by atoms with Crippen molar-refractivity contribution in [2.45, 2.75) is 6.54 Å². The van der Waals surface area contributed by atoms with Gasteiger partial charge in [-0.2, -0.15) is 5.10 Å². The molecule has 4 nitrogen and oxygen atoms in total. The second-order valence-corrected chi connectivity index (χ2v) is 4.50. The first-order valence-electron chi connectivity index (χ1n) is 5.25. The molecule has 90 valence electrons. The number of rotatable bonds is 4. The standard InChI is InChI=1S/C12H14BrN3O/c1-16-10(5-6-15-16)8-14-9-3-4-12(17-2)11(13)7-9/h3-7,14H,8H2,1-2H3. The van der Waals surface area contributed by atoms with Crippen molar-refractivity contribution in [3.8, 4) is 5.75 Å². The fourth-order valence-corrected chi connectivity index (χ4v) is 2.08. The summed E-state index contributed by atoms with van der Waals surface area (Å²) in [6.07, 6.45) is 1.79. The predicted molar refractivity (Wildman–Crippen MR) is 71.2 cm³/mol. The first kappa shape index (κ1) is 12.0. The van der Waals surface area contributed by atoms with Crippen molar-refractivity contribution in [2.24, 2.45) is 7.05 Å². The van der Waals surface area contributed by atoms with E-state index in [0.717, 1.165) is 28.1 Å². The minimum atomic E-state index is 0.745. The molecule has 1 heterocycles. The Balaban J connectivity index is 2.05. The molecule has 0 unspecified atom stereocenters. The van der Waals surface area contributed by atoms with Crippen LogP contribution in [0.25, 0.3) is 0 Å². The molecule has 17 heavy (non-hydrogen) atoms. The van der Waals surface area contributed by atoms with E-state index in [1.807, 2.05) is 36.0 Å². The molecule has 0 saturated carbocycles. The Morgan fingerprint density at radius 3 is 2.82 bits per heavy atom. The molecule has 0 radical (unpaired) electrons. The molecule has 2 aromatic rings. The van der Waals surface area contributed by atoms with Crippen LogP contribution < -0.4 is 10.1 Å². The number of methoxy groups -OCH3 is 1. The van der Waals surface area contributed by atoms with Crippen LogP contribution in [0.3, 0.4) is 0 Å². The molecule has 0 aliphatic rings. The van der Waals surface area contributed by atoms with Gasteiger partial charge in [-0.3, -0.25) is 4.68 Å². The first-order chi connectivity index (χ1) is 8.20. The van der Waals surface area contributed by atoms with Gasteiger partial charge in [0.2, 0.25) is 0 Å². The van der Waals surface area contributed by atoms with E-state index < -0.39 is 0 Å². The van der Waals surface area contributed by atoms with Gasteiger partial charge in [-0.1, -0.05) is 0 Å². The average Bonchev–Trinajstić information content (AvgIpc) is 2.72. The van der Waals surface area contributed by atoms with Crippen LogP contribution in [0.15, 0.2) is 34.9 Å². The minimum Gasteiger partial charge on any atom is -0.496 e. The fraction of sp³-hybridized carbons (Fsp3) is 0.250. The summed E-state index contributed by atoms with van der Waals surface area (Å²) >= 11 is 3.46. The van der Waals surface area contributed by atoms with Gasteiger partial charge in [-0.05, 0) is 40.2 Å². The van der Waals surface area contributed by atoms with Crippen LogP contribution in [-0.4, -0.2) is 16.9 Å². The van der Waals surface area contributed by atoms with E-state index in [9.17, 15) is 0 Å². The van der Waals surface area contributed by atoms with Crippen molar-refractivity contribution in [1.82, 2.24) is 9.78 Å². The number of aromatic nitrogens is 2. The molecule has 2 rings (SSSR count). The molecule has 5 heteroatoms. The minimum absolute atomic E-state index is 0.745. The van der Waals surface area contributed by atoms with E-state index in [1.54, 1.807) is 13.3 Å². The van der Waals surface area contributed by atoms with Gasteiger partial charge in [0, 0.05) is 18.9 Å². The van der Waals surface area contributed by atoms with E-state index in [1.165, 1.54) is 0 Å². The van der Waals surface area contributed by atoms with Crippen molar-refractivity contribution in [1.29, 1.82) is 0 Å². The number of hydrogen-bond donors (Lipinski definition) is 1. The van der Waals surface area contributed by atoms with Crippen LogP contribution in [0.1, 0.15) is 5.69 Å². The van der Waals surface area contributed by atoms with E-state index in [-0.39, 0.29) is 0 Å². The predicted octanol–water partition coefficient (Wildman–Crippen LogP) is 2.80. The summed E-state index contributed by atoms with van der Waals surface area (Å²) in [4.78, 5) is 0. The Morgan fingerprint density at radius 2 is 2.24 bits per heavy atom. The van der Waals surface area contributed by atoms with Crippen LogP contribution in [-0.2, 0) is 13.6 Å². The lowest BCUT2D eigenvalue weighted by Gasteiger charge is -2.09. The largest absolute Gasteiger partial charge is 0.496 e. The maximum Gasteiger partial charge on any atom is 0.133 e. The highest BCUT2D eigenvalue weighted by Gasteiger charge is 2.02. The molecular weight excluding hydrogens is 282 g/mol. The van der Waals surface area contributed by atoms with Gasteiger partial charge in [0.15, 0.2) is 0 Å². The Morgan fingerprint density at radius 1 is 1.41 bits per heavy atom. The highest BCUT2D eigenvalue weighted by molar-refractivity contribution is 9.10. The molecule has 1 N–H and O–H groups in total. The number of benzene rings is 1. The zero-order valence-electron chi connectivity index (χ0n) is 9.77. The SMILES string of the molecule is COc1ccc(NCc2ccnn2C)cc1Br. The van der Waals surface area contributed by atoms with Crippen LogP contribution in [0.5, 0.6) is 5.75 Å². The van der Waals surface area contributed by atoms with Crippen LogP contribution in [0.4, 0.5) is 5.69 Å². The third-order valence-electron chi connectivity index (χ3n) is 2.55. The normalized spacial score (nSPS) is 10.3. The first-order valence-corrected chi connectivity index (χ1v) is 6.04. The van der Waals surface area contributed by atoms with Gasteiger partial charge in [0.1, 0.15) is 5.75 Å². The molecule has 0 bridgehead atoms. The van der Waals surface area contributed by atoms with E-state index in [2.05, 4.69) is 26.3 Å². The third kappa shape index (κ3) is 2.79. The maximum atomic E-state index is 5.18. The summed E-state index contributed by atoms with van der Waals surface area (Å²) in [6, 6.07) is 7.90. The Kier molecular flexibility index (Phi) is 3.68. The molecule has 1 aromatic carbocycles. The second-order valence-electron chi connectivity index (χ2n) is 3.65. The van der Waals surface area contributed by atoms with Gasteiger partial charge in [0.05, 0.1) is 23.8 Å². The molecule has 0 spiro atoms. The van der Waals surface area contributed by atoms with Crippen molar-refractivity contribution < 1.29 is 4.74 Å². The van der Waals surface area contributed by atoms with E-state index >= 15 is 0 Å². The van der Waals surface area contributed by atoms with Gasteiger partial charge >= 0.3 is 0 Å². The van der Waals surface area contributed by atoms with Gasteiger partial charge in [0.25, 0.3) is 0 Å². The average molecular weight is 296 g/mol. The number of halogens is 1. The lowest BCUT2D eigenvalue weighted by Crippen LogP contribution is -2.05. The summed E-state index contributed by atoms with van der Waals surface area (Å²) in [5, 5.41) is 7.45. The summed E-state index contributed by atoms with van der Waals surface area (Å²) in [7, 11) is 3.59. The lowest BCUT2D eigenvalue weighted by molar-refractivity contribution is 0.412. The van der Waals surface area contributed by atoms with E-state index in [4.69, 9.17) is 4.74 Å². The van der Waals surface area contributed by atoms with Crippen molar-refractivity contribution >= 4 is 21.6 Å². The highest BCUT2D eigenvalue weighted by atomic mass is 79.9.